The molecule has 1 aliphatic heterocycles. The topological polar surface area (TPSA) is 47.4 Å². The summed E-state index contributed by atoms with van der Waals surface area (Å²) in [6.07, 6.45) is 9.21. The third-order valence-electron chi connectivity index (χ3n) is 5.44. The molecule has 1 saturated carbocycles. The van der Waals surface area contributed by atoms with Gasteiger partial charge in [0.1, 0.15) is 11.6 Å². The first-order valence-electron chi connectivity index (χ1n) is 9.76. The van der Waals surface area contributed by atoms with Gasteiger partial charge < -0.3 is 14.2 Å². The third-order valence-corrected chi connectivity index (χ3v) is 5.44. The van der Waals surface area contributed by atoms with E-state index in [0.717, 1.165) is 44.1 Å². The van der Waals surface area contributed by atoms with Crippen LogP contribution in [0.4, 0.5) is 0 Å². The summed E-state index contributed by atoms with van der Waals surface area (Å²) in [7, 11) is 0. The van der Waals surface area contributed by atoms with Gasteiger partial charge >= 0.3 is 0 Å². The fraction of sp³-hybridized carbons (Fsp3) is 0.524. The number of imidazole rings is 1. The lowest BCUT2D eigenvalue weighted by Crippen LogP contribution is -2.39. The van der Waals surface area contributed by atoms with Crippen molar-refractivity contribution >= 4 is 5.91 Å². The van der Waals surface area contributed by atoms with Crippen molar-refractivity contribution in [2.24, 2.45) is 5.92 Å². The third kappa shape index (κ3) is 4.26. The minimum absolute atomic E-state index is 0.195. The highest BCUT2D eigenvalue weighted by Crippen LogP contribution is 2.33. The normalized spacial score (nSPS) is 18.1. The Kier molecular flexibility index (Phi) is 5.23. The number of ether oxygens (including phenoxy) is 1. The van der Waals surface area contributed by atoms with Gasteiger partial charge in [-0.1, -0.05) is 18.2 Å². The molecule has 5 nitrogen and oxygen atoms in total. The van der Waals surface area contributed by atoms with Crippen LogP contribution in [0.5, 0.6) is 5.75 Å². The lowest BCUT2D eigenvalue weighted by molar-refractivity contribution is -0.132. The summed E-state index contributed by atoms with van der Waals surface area (Å²) in [6, 6.07) is 9.67. The Bertz CT molecular complexity index is 716. The number of aromatic nitrogens is 2. The van der Waals surface area contributed by atoms with E-state index < -0.39 is 0 Å². The van der Waals surface area contributed by atoms with Crippen molar-refractivity contribution in [1.29, 1.82) is 0 Å². The highest BCUT2D eigenvalue weighted by Gasteiger charge is 2.28. The first kappa shape index (κ1) is 17.1. The Balaban J connectivity index is 1.23. The van der Waals surface area contributed by atoms with E-state index in [-0.39, 0.29) is 5.91 Å². The molecule has 1 aromatic heterocycles. The molecular formula is C21H27N3O2. The molecule has 138 valence electrons. The van der Waals surface area contributed by atoms with Crippen molar-refractivity contribution in [3.63, 3.8) is 0 Å². The van der Waals surface area contributed by atoms with Gasteiger partial charge in [-0.25, -0.2) is 4.98 Å². The molecule has 1 amide bonds. The van der Waals surface area contributed by atoms with Gasteiger partial charge in [0.25, 0.3) is 0 Å². The van der Waals surface area contributed by atoms with Crippen LogP contribution in [0.2, 0.25) is 0 Å². The zero-order valence-corrected chi connectivity index (χ0v) is 15.2. The number of piperidine rings is 1. The molecule has 1 saturated heterocycles. The van der Waals surface area contributed by atoms with Crippen molar-refractivity contribution < 1.29 is 9.53 Å². The van der Waals surface area contributed by atoms with E-state index in [1.165, 1.54) is 18.7 Å². The quantitative estimate of drug-likeness (QED) is 0.766. The zero-order valence-electron chi connectivity index (χ0n) is 15.2. The Hall–Kier alpha value is -2.30. The van der Waals surface area contributed by atoms with Gasteiger partial charge in [-0.15, -0.1) is 0 Å². The fourth-order valence-corrected chi connectivity index (χ4v) is 3.73. The van der Waals surface area contributed by atoms with Crippen molar-refractivity contribution in [2.75, 3.05) is 19.7 Å². The fourth-order valence-electron chi connectivity index (χ4n) is 3.73. The summed E-state index contributed by atoms with van der Waals surface area (Å²) < 4.78 is 7.99. The van der Waals surface area contributed by atoms with E-state index in [0.29, 0.717) is 18.9 Å². The second kappa shape index (κ2) is 7.94. The van der Waals surface area contributed by atoms with Crippen molar-refractivity contribution in [1.82, 2.24) is 14.5 Å². The average molecular weight is 353 g/mol. The maximum absolute atomic E-state index is 12.4. The largest absolute Gasteiger partial charge is 0.493 e. The number of likely N-dealkylation sites (tertiary alicyclic amines) is 1. The van der Waals surface area contributed by atoms with Gasteiger partial charge in [-0.05, 0) is 43.7 Å². The van der Waals surface area contributed by atoms with Gasteiger partial charge in [0.05, 0.1) is 13.0 Å². The van der Waals surface area contributed by atoms with E-state index >= 15 is 0 Å². The van der Waals surface area contributed by atoms with Crippen molar-refractivity contribution in [3.8, 4) is 5.75 Å². The number of carbonyl (C=O) groups excluding carboxylic acids is 1. The minimum atomic E-state index is 0.195. The summed E-state index contributed by atoms with van der Waals surface area (Å²) in [5, 5.41) is 0. The molecule has 0 atom stereocenters. The Morgan fingerprint density at radius 3 is 2.62 bits per heavy atom. The van der Waals surface area contributed by atoms with Gasteiger partial charge in [0.15, 0.2) is 0 Å². The second-order valence-corrected chi connectivity index (χ2v) is 7.45. The van der Waals surface area contributed by atoms with Crippen LogP contribution in [0.15, 0.2) is 42.7 Å². The highest BCUT2D eigenvalue weighted by molar-refractivity contribution is 5.76. The molecular weight excluding hydrogens is 326 g/mol. The van der Waals surface area contributed by atoms with Crippen LogP contribution in [0.1, 0.15) is 43.8 Å². The molecule has 0 bridgehead atoms. The molecule has 0 N–H and O–H groups in total. The Morgan fingerprint density at radius 2 is 1.88 bits per heavy atom. The minimum Gasteiger partial charge on any atom is -0.493 e. The second-order valence-electron chi connectivity index (χ2n) is 7.45. The monoisotopic (exact) mass is 353 g/mol. The van der Waals surface area contributed by atoms with Gasteiger partial charge in [0.2, 0.25) is 5.91 Å². The molecule has 1 aliphatic carbocycles. The molecule has 5 heteroatoms. The molecule has 2 aliphatic rings. The van der Waals surface area contributed by atoms with Crippen LogP contribution in [-0.4, -0.2) is 40.1 Å². The number of rotatable bonds is 7. The van der Waals surface area contributed by atoms with Gasteiger partial charge in [0, 0.05) is 37.9 Å². The maximum Gasteiger partial charge on any atom is 0.225 e. The first-order chi connectivity index (χ1) is 12.8. The number of hydrogen-bond acceptors (Lipinski definition) is 3. The number of hydrogen-bond donors (Lipinski definition) is 0. The van der Waals surface area contributed by atoms with Crippen LogP contribution in [0, 0.1) is 5.92 Å². The summed E-state index contributed by atoms with van der Waals surface area (Å²) in [4.78, 5) is 19.0. The van der Waals surface area contributed by atoms with E-state index in [1.54, 1.807) is 0 Å². The molecule has 0 radical (unpaired) electrons. The molecule has 4 rings (SSSR count). The summed E-state index contributed by atoms with van der Waals surface area (Å²) in [6.45, 7) is 3.20. The smallest absolute Gasteiger partial charge is 0.225 e. The van der Waals surface area contributed by atoms with Crippen LogP contribution in [0.25, 0.3) is 0 Å². The number of nitrogens with zero attached hydrogens (tertiary/aromatic N) is 3. The van der Waals surface area contributed by atoms with Gasteiger partial charge in [-0.2, -0.15) is 0 Å². The lowest BCUT2D eigenvalue weighted by Gasteiger charge is -2.32. The average Bonchev–Trinajstić information content (AvgIpc) is 3.38. The summed E-state index contributed by atoms with van der Waals surface area (Å²) in [5.41, 5.74) is 0. The SMILES string of the molecule is O=C(CCOc1ccccc1)N1CCC(c2nccn2CC2CC2)CC1. The highest BCUT2D eigenvalue weighted by atomic mass is 16.5. The number of para-hydroxylation sites is 1. The van der Waals surface area contributed by atoms with Crippen LogP contribution in [-0.2, 0) is 11.3 Å². The van der Waals surface area contributed by atoms with Crippen LogP contribution < -0.4 is 4.74 Å². The van der Waals surface area contributed by atoms with E-state index in [2.05, 4.69) is 15.7 Å². The summed E-state index contributed by atoms with van der Waals surface area (Å²) >= 11 is 0. The standard InChI is InChI=1S/C21H27N3O2/c25-20(10-15-26-19-4-2-1-3-5-19)23-12-8-18(9-13-23)21-22-11-14-24(21)16-17-6-7-17/h1-5,11,14,17-18H,6-10,12-13,15-16H2. The molecule has 0 unspecified atom stereocenters. The van der Waals surface area contributed by atoms with Gasteiger partial charge in [-0.3, -0.25) is 4.79 Å². The van der Waals surface area contributed by atoms with E-state index in [1.807, 2.05) is 41.4 Å². The van der Waals surface area contributed by atoms with Crippen LogP contribution in [0.3, 0.4) is 0 Å². The number of benzene rings is 1. The van der Waals surface area contributed by atoms with Crippen molar-refractivity contribution in [3.05, 3.63) is 48.5 Å². The molecule has 2 aromatic rings. The Labute approximate surface area is 155 Å². The maximum atomic E-state index is 12.4. The lowest BCUT2D eigenvalue weighted by atomic mass is 9.95. The molecule has 2 fully saturated rings. The Morgan fingerprint density at radius 1 is 1.12 bits per heavy atom. The zero-order chi connectivity index (χ0) is 17.8. The van der Waals surface area contributed by atoms with E-state index in [4.69, 9.17) is 4.74 Å². The van der Waals surface area contributed by atoms with Crippen LogP contribution >= 0.6 is 0 Å². The van der Waals surface area contributed by atoms with Crippen molar-refractivity contribution in [2.45, 2.75) is 44.6 Å². The molecule has 26 heavy (non-hydrogen) atoms. The number of carbonyl (C=O) groups is 1. The molecule has 0 spiro atoms. The first-order valence-corrected chi connectivity index (χ1v) is 9.76. The molecule has 2 heterocycles. The summed E-state index contributed by atoms with van der Waals surface area (Å²) in [5.74, 6) is 3.57. The molecule has 1 aromatic carbocycles. The predicted octanol–water partition coefficient (Wildman–Crippen LogP) is 3.47. The predicted molar refractivity (Wildman–Crippen MR) is 100 cm³/mol. The van der Waals surface area contributed by atoms with E-state index in [9.17, 15) is 4.79 Å². The number of amides is 1.